The number of hydrogen-bond donors (Lipinski definition) is 1. The van der Waals surface area contributed by atoms with E-state index in [1.165, 1.54) is 12.1 Å². The number of halogens is 1. The Morgan fingerprint density at radius 1 is 0.875 bits per heavy atom. The van der Waals surface area contributed by atoms with Crippen LogP contribution in [-0.4, -0.2) is 9.97 Å². The number of unbranched alkanes of at least 4 members (excludes halogenated alkanes) is 1. The van der Waals surface area contributed by atoms with Crippen molar-refractivity contribution in [1.29, 1.82) is 0 Å². The fourth-order valence-electron chi connectivity index (χ4n) is 2.77. The molecule has 2 aromatic carbocycles. The van der Waals surface area contributed by atoms with Gasteiger partial charge >= 0.3 is 0 Å². The Morgan fingerprint density at radius 3 is 2.04 bits per heavy atom. The van der Waals surface area contributed by atoms with Crippen molar-refractivity contribution in [3.05, 3.63) is 66.0 Å². The maximum Gasteiger partial charge on any atom is 0.221 e. The van der Waals surface area contributed by atoms with Gasteiger partial charge in [0.1, 0.15) is 5.82 Å². The fourth-order valence-corrected chi connectivity index (χ4v) is 2.77. The van der Waals surface area contributed by atoms with Crippen LogP contribution < -0.4 is 5.73 Å². The highest BCUT2D eigenvalue weighted by atomic mass is 19.1. The Labute approximate surface area is 141 Å². The molecule has 0 spiro atoms. The van der Waals surface area contributed by atoms with Crippen molar-refractivity contribution in [1.82, 2.24) is 9.97 Å². The van der Waals surface area contributed by atoms with Crippen LogP contribution >= 0.6 is 0 Å². The van der Waals surface area contributed by atoms with Crippen LogP contribution in [0.1, 0.15) is 25.3 Å². The molecule has 0 unspecified atom stereocenters. The summed E-state index contributed by atoms with van der Waals surface area (Å²) < 4.78 is 13.3. The normalized spacial score (nSPS) is 10.8. The van der Waals surface area contributed by atoms with E-state index in [1.807, 2.05) is 30.3 Å². The molecule has 0 atom stereocenters. The number of hydrogen-bond acceptors (Lipinski definition) is 3. The molecule has 4 heteroatoms. The average Bonchev–Trinajstić information content (AvgIpc) is 2.61. The number of aromatic nitrogens is 2. The van der Waals surface area contributed by atoms with Gasteiger partial charge in [-0.1, -0.05) is 43.7 Å². The molecule has 0 amide bonds. The summed E-state index contributed by atoms with van der Waals surface area (Å²) in [6.07, 6.45) is 2.95. The molecule has 1 heterocycles. The number of nitrogen functional groups attached to an aromatic ring is 1. The minimum atomic E-state index is -0.265. The molecule has 0 aliphatic carbocycles. The molecule has 3 nitrogen and oxygen atoms in total. The van der Waals surface area contributed by atoms with Gasteiger partial charge in [0.15, 0.2) is 0 Å². The summed E-state index contributed by atoms with van der Waals surface area (Å²) in [6.45, 7) is 2.15. The summed E-state index contributed by atoms with van der Waals surface area (Å²) in [4.78, 5) is 8.95. The van der Waals surface area contributed by atoms with E-state index in [1.54, 1.807) is 12.1 Å². The molecule has 24 heavy (non-hydrogen) atoms. The highest BCUT2D eigenvalue weighted by Gasteiger charge is 2.16. The van der Waals surface area contributed by atoms with E-state index >= 15 is 0 Å². The van der Waals surface area contributed by atoms with Crippen LogP contribution in [0.4, 0.5) is 10.3 Å². The van der Waals surface area contributed by atoms with Crippen molar-refractivity contribution in [3.63, 3.8) is 0 Å². The molecule has 0 bridgehead atoms. The Bertz CT molecular complexity index is 814. The van der Waals surface area contributed by atoms with Crippen molar-refractivity contribution < 1.29 is 4.39 Å². The lowest BCUT2D eigenvalue weighted by molar-refractivity contribution is 0.628. The van der Waals surface area contributed by atoms with E-state index in [-0.39, 0.29) is 11.8 Å². The van der Waals surface area contributed by atoms with Crippen molar-refractivity contribution >= 4 is 5.95 Å². The third-order valence-electron chi connectivity index (χ3n) is 3.97. The van der Waals surface area contributed by atoms with Gasteiger partial charge in [-0.05, 0) is 37.1 Å². The highest BCUT2D eigenvalue weighted by Crippen LogP contribution is 2.31. The number of nitrogens with zero attached hydrogens (tertiary/aromatic N) is 2. The monoisotopic (exact) mass is 321 g/mol. The smallest absolute Gasteiger partial charge is 0.221 e. The standard InChI is InChI=1S/C20H20FN3/c1-2-3-9-17-18(14-7-5-4-6-8-14)23-20(22)24-19(17)15-10-12-16(21)13-11-15/h4-8,10-13H,2-3,9H2,1H3,(H2,22,23,24). The first-order chi connectivity index (χ1) is 11.7. The first kappa shape index (κ1) is 16.1. The van der Waals surface area contributed by atoms with E-state index in [2.05, 4.69) is 16.9 Å². The van der Waals surface area contributed by atoms with Crippen LogP contribution in [0.5, 0.6) is 0 Å². The Kier molecular flexibility index (Phi) is 4.85. The van der Waals surface area contributed by atoms with E-state index in [4.69, 9.17) is 5.73 Å². The summed E-state index contributed by atoms with van der Waals surface area (Å²) in [7, 11) is 0. The van der Waals surface area contributed by atoms with Gasteiger partial charge in [-0.3, -0.25) is 0 Å². The summed E-state index contributed by atoms with van der Waals surface area (Å²) in [5.41, 5.74) is 10.5. The molecule has 1 aromatic heterocycles. The maximum absolute atomic E-state index is 13.3. The van der Waals surface area contributed by atoms with Gasteiger partial charge in [-0.15, -0.1) is 0 Å². The summed E-state index contributed by atoms with van der Waals surface area (Å²) in [5.74, 6) is -0.0346. The lowest BCUT2D eigenvalue weighted by atomic mass is 9.96. The molecular weight excluding hydrogens is 301 g/mol. The summed E-state index contributed by atoms with van der Waals surface area (Å²) >= 11 is 0. The third-order valence-corrected chi connectivity index (χ3v) is 3.97. The van der Waals surface area contributed by atoms with Gasteiger partial charge in [0, 0.05) is 16.7 Å². The molecule has 122 valence electrons. The zero-order valence-corrected chi connectivity index (χ0v) is 13.7. The second-order valence-electron chi connectivity index (χ2n) is 5.73. The largest absolute Gasteiger partial charge is 0.368 e. The van der Waals surface area contributed by atoms with E-state index in [9.17, 15) is 4.39 Å². The zero-order valence-electron chi connectivity index (χ0n) is 13.7. The van der Waals surface area contributed by atoms with Gasteiger partial charge < -0.3 is 5.73 Å². The van der Waals surface area contributed by atoms with Crippen molar-refractivity contribution in [2.75, 3.05) is 5.73 Å². The second kappa shape index (κ2) is 7.21. The number of rotatable bonds is 5. The lowest BCUT2D eigenvalue weighted by Gasteiger charge is -2.15. The number of nitrogens with two attached hydrogens (primary N) is 1. The van der Waals surface area contributed by atoms with E-state index in [0.717, 1.165) is 47.3 Å². The number of benzene rings is 2. The molecular formula is C20H20FN3. The van der Waals surface area contributed by atoms with Crippen LogP contribution in [0.3, 0.4) is 0 Å². The first-order valence-electron chi connectivity index (χ1n) is 8.16. The van der Waals surface area contributed by atoms with Gasteiger partial charge in [0.05, 0.1) is 11.4 Å². The zero-order chi connectivity index (χ0) is 16.9. The predicted octanol–water partition coefficient (Wildman–Crippen LogP) is 4.87. The third kappa shape index (κ3) is 3.43. The maximum atomic E-state index is 13.3. The predicted molar refractivity (Wildman–Crippen MR) is 95.9 cm³/mol. The molecule has 3 rings (SSSR count). The van der Waals surface area contributed by atoms with Gasteiger partial charge in [0.25, 0.3) is 0 Å². The fraction of sp³-hybridized carbons (Fsp3) is 0.200. The molecule has 0 radical (unpaired) electrons. The lowest BCUT2D eigenvalue weighted by Crippen LogP contribution is -2.05. The van der Waals surface area contributed by atoms with E-state index in [0.29, 0.717) is 0 Å². The SMILES string of the molecule is CCCCc1c(-c2ccccc2)nc(N)nc1-c1ccc(F)cc1. The van der Waals surface area contributed by atoms with Crippen molar-refractivity contribution in [3.8, 4) is 22.5 Å². The van der Waals surface area contributed by atoms with Gasteiger partial charge in [-0.25, -0.2) is 14.4 Å². The van der Waals surface area contributed by atoms with Crippen LogP contribution in [0.25, 0.3) is 22.5 Å². The summed E-state index contributed by atoms with van der Waals surface area (Å²) in [6, 6.07) is 16.3. The minimum absolute atomic E-state index is 0.230. The van der Waals surface area contributed by atoms with Crippen LogP contribution in [-0.2, 0) is 6.42 Å². The van der Waals surface area contributed by atoms with Crippen molar-refractivity contribution in [2.24, 2.45) is 0 Å². The van der Waals surface area contributed by atoms with Gasteiger partial charge in [-0.2, -0.15) is 0 Å². The highest BCUT2D eigenvalue weighted by molar-refractivity contribution is 5.74. The Morgan fingerprint density at radius 2 is 1.46 bits per heavy atom. The quantitative estimate of drug-likeness (QED) is 0.729. The second-order valence-corrected chi connectivity index (χ2v) is 5.73. The topological polar surface area (TPSA) is 51.8 Å². The van der Waals surface area contributed by atoms with Crippen LogP contribution in [0, 0.1) is 5.82 Å². The number of anilines is 1. The van der Waals surface area contributed by atoms with E-state index < -0.39 is 0 Å². The van der Waals surface area contributed by atoms with Crippen LogP contribution in [0.15, 0.2) is 54.6 Å². The molecule has 0 aliphatic heterocycles. The summed E-state index contributed by atoms with van der Waals surface area (Å²) in [5, 5.41) is 0. The van der Waals surface area contributed by atoms with Crippen molar-refractivity contribution in [2.45, 2.75) is 26.2 Å². The Balaban J connectivity index is 2.20. The minimum Gasteiger partial charge on any atom is -0.368 e. The molecule has 0 saturated heterocycles. The molecule has 2 N–H and O–H groups in total. The van der Waals surface area contributed by atoms with Crippen LogP contribution in [0.2, 0.25) is 0 Å². The average molecular weight is 321 g/mol. The molecule has 0 fully saturated rings. The molecule has 0 aliphatic rings. The Hall–Kier alpha value is -2.75. The van der Waals surface area contributed by atoms with Gasteiger partial charge in [0.2, 0.25) is 5.95 Å². The molecule has 0 saturated carbocycles. The first-order valence-corrected chi connectivity index (χ1v) is 8.16. The molecule has 3 aromatic rings.